The molecule has 0 saturated carbocycles. The van der Waals surface area contributed by atoms with Crippen molar-refractivity contribution in [1.82, 2.24) is 15.5 Å². The first-order valence-electron chi connectivity index (χ1n) is 5.86. The van der Waals surface area contributed by atoms with Crippen molar-refractivity contribution in [2.45, 2.75) is 26.4 Å². The van der Waals surface area contributed by atoms with E-state index in [1.54, 1.807) is 6.20 Å². The molecule has 0 amide bonds. The van der Waals surface area contributed by atoms with Crippen LogP contribution in [0.3, 0.4) is 0 Å². The van der Waals surface area contributed by atoms with Crippen molar-refractivity contribution in [2.24, 2.45) is 0 Å². The van der Waals surface area contributed by atoms with Gasteiger partial charge in [-0.3, -0.25) is 0 Å². The van der Waals surface area contributed by atoms with E-state index in [9.17, 15) is 0 Å². The van der Waals surface area contributed by atoms with E-state index in [1.165, 1.54) is 5.56 Å². The van der Waals surface area contributed by atoms with Crippen molar-refractivity contribution < 1.29 is 0 Å². The SMILES string of the molecule is CC(C)NCc1ccccc1-c1cccnn1. The molecule has 0 radical (unpaired) electrons. The number of aromatic nitrogens is 2. The lowest BCUT2D eigenvalue weighted by Crippen LogP contribution is -2.22. The minimum Gasteiger partial charge on any atom is -0.310 e. The summed E-state index contributed by atoms with van der Waals surface area (Å²) < 4.78 is 0. The summed E-state index contributed by atoms with van der Waals surface area (Å²) in [5, 5.41) is 11.5. The Morgan fingerprint density at radius 3 is 2.65 bits per heavy atom. The number of nitrogens with zero attached hydrogens (tertiary/aromatic N) is 2. The fourth-order valence-electron chi connectivity index (χ4n) is 1.68. The molecule has 2 rings (SSSR count). The molecule has 88 valence electrons. The minimum absolute atomic E-state index is 0.477. The monoisotopic (exact) mass is 227 g/mol. The van der Waals surface area contributed by atoms with Gasteiger partial charge in [-0.05, 0) is 17.7 Å². The molecule has 1 aromatic carbocycles. The number of benzene rings is 1. The van der Waals surface area contributed by atoms with Crippen LogP contribution in [0, 0.1) is 0 Å². The van der Waals surface area contributed by atoms with Crippen molar-refractivity contribution >= 4 is 0 Å². The maximum atomic E-state index is 4.16. The Bertz CT molecular complexity index is 466. The van der Waals surface area contributed by atoms with Gasteiger partial charge in [-0.25, -0.2) is 0 Å². The number of hydrogen-bond donors (Lipinski definition) is 1. The Labute approximate surface area is 102 Å². The van der Waals surface area contributed by atoms with Crippen LogP contribution in [0.25, 0.3) is 11.3 Å². The van der Waals surface area contributed by atoms with Gasteiger partial charge in [0, 0.05) is 24.3 Å². The Balaban J connectivity index is 2.28. The first-order valence-corrected chi connectivity index (χ1v) is 5.86. The number of nitrogens with one attached hydrogen (secondary N) is 1. The van der Waals surface area contributed by atoms with Gasteiger partial charge >= 0.3 is 0 Å². The van der Waals surface area contributed by atoms with Crippen LogP contribution < -0.4 is 5.32 Å². The summed E-state index contributed by atoms with van der Waals surface area (Å²) >= 11 is 0. The van der Waals surface area contributed by atoms with Crippen molar-refractivity contribution in [3.63, 3.8) is 0 Å². The van der Waals surface area contributed by atoms with E-state index >= 15 is 0 Å². The van der Waals surface area contributed by atoms with Gasteiger partial charge in [0.1, 0.15) is 0 Å². The largest absolute Gasteiger partial charge is 0.310 e. The van der Waals surface area contributed by atoms with Gasteiger partial charge in [-0.2, -0.15) is 10.2 Å². The van der Waals surface area contributed by atoms with Gasteiger partial charge in [-0.15, -0.1) is 0 Å². The van der Waals surface area contributed by atoms with E-state index in [0.717, 1.165) is 17.8 Å². The molecule has 0 spiro atoms. The summed E-state index contributed by atoms with van der Waals surface area (Å²) in [7, 11) is 0. The summed E-state index contributed by atoms with van der Waals surface area (Å²) in [6.07, 6.45) is 1.69. The maximum Gasteiger partial charge on any atom is 0.0932 e. The molecule has 3 heteroatoms. The highest BCUT2D eigenvalue weighted by atomic mass is 15.1. The molecule has 1 aromatic heterocycles. The molecule has 0 unspecified atom stereocenters. The Morgan fingerprint density at radius 2 is 1.94 bits per heavy atom. The van der Waals surface area contributed by atoms with Crippen molar-refractivity contribution in [3.05, 3.63) is 48.2 Å². The van der Waals surface area contributed by atoms with Crippen molar-refractivity contribution in [3.8, 4) is 11.3 Å². The molecule has 0 fully saturated rings. The molecule has 1 N–H and O–H groups in total. The van der Waals surface area contributed by atoms with Crippen LogP contribution in [-0.2, 0) is 6.54 Å². The number of hydrogen-bond acceptors (Lipinski definition) is 3. The minimum atomic E-state index is 0.477. The molecule has 0 aliphatic rings. The van der Waals surface area contributed by atoms with Gasteiger partial charge in [0.2, 0.25) is 0 Å². The molecule has 0 saturated heterocycles. The lowest BCUT2D eigenvalue weighted by atomic mass is 10.0. The summed E-state index contributed by atoms with van der Waals surface area (Å²) in [5.41, 5.74) is 3.32. The summed E-state index contributed by atoms with van der Waals surface area (Å²) in [5.74, 6) is 0. The predicted octanol–water partition coefficient (Wildman–Crippen LogP) is 2.64. The van der Waals surface area contributed by atoms with E-state index in [-0.39, 0.29) is 0 Å². The molecule has 0 atom stereocenters. The van der Waals surface area contributed by atoms with Crippen LogP contribution in [-0.4, -0.2) is 16.2 Å². The zero-order valence-electron chi connectivity index (χ0n) is 10.2. The third-order valence-electron chi connectivity index (χ3n) is 2.57. The quantitative estimate of drug-likeness (QED) is 0.872. The molecule has 2 aromatic rings. The van der Waals surface area contributed by atoms with Crippen LogP contribution in [0.1, 0.15) is 19.4 Å². The summed E-state index contributed by atoms with van der Waals surface area (Å²) in [4.78, 5) is 0. The number of rotatable bonds is 4. The van der Waals surface area contributed by atoms with Gasteiger partial charge in [-0.1, -0.05) is 38.1 Å². The van der Waals surface area contributed by atoms with Crippen molar-refractivity contribution in [2.75, 3.05) is 0 Å². The van der Waals surface area contributed by atoms with Gasteiger partial charge in [0.05, 0.1) is 5.69 Å². The van der Waals surface area contributed by atoms with Crippen molar-refractivity contribution in [1.29, 1.82) is 0 Å². The van der Waals surface area contributed by atoms with Crippen LogP contribution in [0.4, 0.5) is 0 Å². The molecule has 3 nitrogen and oxygen atoms in total. The topological polar surface area (TPSA) is 37.8 Å². The molecule has 0 bridgehead atoms. The third kappa shape index (κ3) is 3.11. The van der Waals surface area contributed by atoms with Gasteiger partial charge < -0.3 is 5.32 Å². The molecular weight excluding hydrogens is 210 g/mol. The Kier molecular flexibility index (Phi) is 3.83. The lowest BCUT2D eigenvalue weighted by molar-refractivity contribution is 0.589. The smallest absolute Gasteiger partial charge is 0.0932 e. The molecule has 17 heavy (non-hydrogen) atoms. The van der Waals surface area contributed by atoms with E-state index in [2.05, 4.69) is 47.6 Å². The predicted molar refractivity (Wildman–Crippen MR) is 69.4 cm³/mol. The second kappa shape index (κ2) is 5.55. The van der Waals surface area contributed by atoms with Crippen LogP contribution in [0.15, 0.2) is 42.6 Å². The van der Waals surface area contributed by atoms with Crippen LogP contribution in [0.2, 0.25) is 0 Å². The van der Waals surface area contributed by atoms with E-state index < -0.39 is 0 Å². The van der Waals surface area contributed by atoms with Crippen LogP contribution in [0.5, 0.6) is 0 Å². The van der Waals surface area contributed by atoms with E-state index in [4.69, 9.17) is 0 Å². The molecule has 0 aliphatic carbocycles. The van der Waals surface area contributed by atoms with Gasteiger partial charge in [0.25, 0.3) is 0 Å². The second-order valence-electron chi connectivity index (χ2n) is 4.30. The molecule has 1 heterocycles. The highest BCUT2D eigenvalue weighted by Crippen LogP contribution is 2.20. The van der Waals surface area contributed by atoms with Crippen LogP contribution >= 0.6 is 0 Å². The first-order chi connectivity index (χ1) is 8.27. The summed E-state index contributed by atoms with van der Waals surface area (Å²) in [6.45, 7) is 5.14. The zero-order valence-corrected chi connectivity index (χ0v) is 10.2. The highest BCUT2D eigenvalue weighted by Gasteiger charge is 2.05. The highest BCUT2D eigenvalue weighted by molar-refractivity contribution is 5.62. The zero-order chi connectivity index (χ0) is 12.1. The fourth-order valence-corrected chi connectivity index (χ4v) is 1.68. The maximum absolute atomic E-state index is 4.16. The average molecular weight is 227 g/mol. The Hall–Kier alpha value is -1.74. The lowest BCUT2D eigenvalue weighted by Gasteiger charge is -2.11. The Morgan fingerprint density at radius 1 is 1.12 bits per heavy atom. The van der Waals surface area contributed by atoms with Gasteiger partial charge in [0.15, 0.2) is 0 Å². The normalized spacial score (nSPS) is 10.8. The third-order valence-corrected chi connectivity index (χ3v) is 2.57. The second-order valence-corrected chi connectivity index (χ2v) is 4.30. The molecule has 0 aliphatic heterocycles. The standard InChI is InChI=1S/C14H17N3/c1-11(2)15-10-12-6-3-4-7-13(12)14-8-5-9-16-17-14/h3-9,11,15H,10H2,1-2H3. The molecular formula is C14H17N3. The average Bonchev–Trinajstić information content (AvgIpc) is 2.38. The fraction of sp³-hybridized carbons (Fsp3) is 0.286. The first kappa shape index (κ1) is 11.7. The van der Waals surface area contributed by atoms with E-state index in [0.29, 0.717) is 6.04 Å². The van der Waals surface area contributed by atoms with E-state index in [1.807, 2.05) is 18.2 Å². The summed E-state index contributed by atoms with van der Waals surface area (Å²) in [6, 6.07) is 12.7.